The summed E-state index contributed by atoms with van der Waals surface area (Å²) in [5, 5.41) is 10.1. The van der Waals surface area contributed by atoms with Crippen molar-refractivity contribution in [1.29, 1.82) is 0 Å². The number of nitrogens with zero attached hydrogens (tertiary/aromatic N) is 1. The second-order valence-electron chi connectivity index (χ2n) is 5.70. The Morgan fingerprint density at radius 1 is 1.19 bits per heavy atom. The van der Waals surface area contributed by atoms with Crippen molar-refractivity contribution >= 4 is 0 Å². The van der Waals surface area contributed by atoms with Crippen molar-refractivity contribution < 1.29 is 14.6 Å². The van der Waals surface area contributed by atoms with E-state index in [0.717, 1.165) is 36.6 Å². The fourth-order valence-corrected chi connectivity index (χ4v) is 2.35. The minimum atomic E-state index is -0.312. The first-order valence-corrected chi connectivity index (χ1v) is 7.63. The first-order valence-electron chi connectivity index (χ1n) is 7.63. The molecule has 0 aliphatic heterocycles. The fraction of sp³-hybridized carbons (Fsp3) is 0.647. The van der Waals surface area contributed by atoms with Gasteiger partial charge in [0.1, 0.15) is 0 Å². The Bertz CT molecular complexity index is 420. The third-order valence-electron chi connectivity index (χ3n) is 3.63. The number of hydrogen-bond acceptors (Lipinski definition) is 4. The Kier molecular flexibility index (Phi) is 7.54. The van der Waals surface area contributed by atoms with Gasteiger partial charge < -0.3 is 14.6 Å². The monoisotopic (exact) mass is 295 g/mol. The van der Waals surface area contributed by atoms with E-state index in [0.29, 0.717) is 6.54 Å². The standard InChI is InChI=1S/C17H29NO3/c1-6-10-18(12-15(19)13(2)3)11-14-8-7-9-16(20-4)17(14)21-5/h7-9,13,15,19H,6,10-12H2,1-5H3. The quantitative estimate of drug-likeness (QED) is 0.760. The molecule has 1 unspecified atom stereocenters. The van der Waals surface area contributed by atoms with Crippen LogP contribution < -0.4 is 9.47 Å². The molecule has 0 saturated carbocycles. The molecule has 0 radical (unpaired) electrons. The molecule has 1 N–H and O–H groups in total. The summed E-state index contributed by atoms with van der Waals surface area (Å²) < 4.78 is 10.8. The summed E-state index contributed by atoms with van der Waals surface area (Å²) in [6, 6.07) is 5.92. The lowest BCUT2D eigenvalue weighted by molar-refractivity contribution is 0.0728. The largest absolute Gasteiger partial charge is 0.493 e. The lowest BCUT2D eigenvalue weighted by Gasteiger charge is -2.27. The molecular weight excluding hydrogens is 266 g/mol. The third kappa shape index (κ3) is 5.21. The summed E-state index contributed by atoms with van der Waals surface area (Å²) in [6.07, 6.45) is 0.741. The highest BCUT2D eigenvalue weighted by molar-refractivity contribution is 5.46. The normalized spacial score (nSPS) is 12.8. The van der Waals surface area contributed by atoms with Gasteiger partial charge in [-0.15, -0.1) is 0 Å². The van der Waals surface area contributed by atoms with Crippen LogP contribution in [-0.2, 0) is 6.54 Å². The molecule has 21 heavy (non-hydrogen) atoms. The maximum atomic E-state index is 10.1. The van der Waals surface area contributed by atoms with Gasteiger partial charge in [0.25, 0.3) is 0 Å². The molecule has 1 aromatic carbocycles. The molecule has 0 saturated heterocycles. The van der Waals surface area contributed by atoms with Crippen molar-refractivity contribution in [2.75, 3.05) is 27.3 Å². The molecule has 4 nitrogen and oxygen atoms in total. The molecule has 1 rings (SSSR count). The van der Waals surface area contributed by atoms with Gasteiger partial charge in [0.15, 0.2) is 11.5 Å². The van der Waals surface area contributed by atoms with Crippen molar-refractivity contribution in [3.8, 4) is 11.5 Å². The predicted molar refractivity (Wildman–Crippen MR) is 86.0 cm³/mol. The molecule has 120 valence electrons. The number of aliphatic hydroxyl groups excluding tert-OH is 1. The number of para-hydroxylation sites is 1. The zero-order valence-electron chi connectivity index (χ0n) is 13.9. The summed E-state index contributed by atoms with van der Waals surface area (Å²) in [4.78, 5) is 2.27. The Balaban J connectivity index is 2.88. The first-order chi connectivity index (χ1) is 10.0. The number of methoxy groups -OCH3 is 2. The molecule has 0 bridgehead atoms. The fourth-order valence-electron chi connectivity index (χ4n) is 2.35. The Hall–Kier alpha value is -1.26. The van der Waals surface area contributed by atoms with Gasteiger partial charge in [0.05, 0.1) is 20.3 Å². The maximum absolute atomic E-state index is 10.1. The molecule has 0 amide bonds. The number of hydrogen-bond donors (Lipinski definition) is 1. The predicted octanol–water partition coefficient (Wildman–Crippen LogP) is 2.93. The van der Waals surface area contributed by atoms with Crippen LogP contribution in [0.25, 0.3) is 0 Å². The van der Waals surface area contributed by atoms with E-state index >= 15 is 0 Å². The van der Waals surface area contributed by atoms with E-state index in [2.05, 4.69) is 11.8 Å². The average Bonchev–Trinajstić information content (AvgIpc) is 2.46. The SMILES string of the molecule is CCCN(Cc1cccc(OC)c1OC)CC(O)C(C)C. The van der Waals surface area contributed by atoms with Crippen LogP contribution in [0.15, 0.2) is 18.2 Å². The van der Waals surface area contributed by atoms with Gasteiger partial charge in [0, 0.05) is 18.7 Å². The molecule has 0 spiro atoms. The number of ether oxygens (including phenoxy) is 2. The Labute approximate surface area is 128 Å². The van der Waals surface area contributed by atoms with Crippen molar-refractivity contribution in [1.82, 2.24) is 4.90 Å². The Morgan fingerprint density at radius 3 is 2.43 bits per heavy atom. The van der Waals surface area contributed by atoms with Crippen LogP contribution in [0, 0.1) is 5.92 Å². The molecular formula is C17H29NO3. The minimum Gasteiger partial charge on any atom is -0.493 e. The van der Waals surface area contributed by atoms with Crippen LogP contribution in [0.5, 0.6) is 11.5 Å². The maximum Gasteiger partial charge on any atom is 0.165 e. The lowest BCUT2D eigenvalue weighted by atomic mass is 10.1. The van der Waals surface area contributed by atoms with E-state index < -0.39 is 0 Å². The zero-order valence-corrected chi connectivity index (χ0v) is 13.9. The van der Waals surface area contributed by atoms with E-state index in [9.17, 15) is 5.11 Å². The molecule has 0 aliphatic rings. The van der Waals surface area contributed by atoms with Crippen molar-refractivity contribution in [2.24, 2.45) is 5.92 Å². The van der Waals surface area contributed by atoms with Crippen LogP contribution >= 0.6 is 0 Å². The average molecular weight is 295 g/mol. The van der Waals surface area contributed by atoms with Gasteiger partial charge in [-0.3, -0.25) is 4.90 Å². The highest BCUT2D eigenvalue weighted by Crippen LogP contribution is 2.31. The molecule has 0 heterocycles. The van der Waals surface area contributed by atoms with Crippen LogP contribution in [-0.4, -0.2) is 43.4 Å². The number of aliphatic hydroxyl groups is 1. The number of benzene rings is 1. The molecule has 1 aromatic rings. The highest BCUT2D eigenvalue weighted by Gasteiger charge is 2.17. The summed E-state index contributed by atoms with van der Waals surface area (Å²) >= 11 is 0. The van der Waals surface area contributed by atoms with Gasteiger partial charge in [-0.2, -0.15) is 0 Å². The van der Waals surface area contributed by atoms with Crippen LogP contribution in [0.4, 0.5) is 0 Å². The van der Waals surface area contributed by atoms with E-state index in [1.54, 1.807) is 14.2 Å². The molecule has 0 aliphatic carbocycles. The van der Waals surface area contributed by atoms with Gasteiger partial charge in [0.2, 0.25) is 0 Å². The summed E-state index contributed by atoms with van der Waals surface area (Å²) in [6.45, 7) is 8.60. The summed E-state index contributed by atoms with van der Waals surface area (Å²) in [5.41, 5.74) is 1.08. The zero-order chi connectivity index (χ0) is 15.8. The van der Waals surface area contributed by atoms with Gasteiger partial charge in [-0.1, -0.05) is 32.9 Å². The van der Waals surface area contributed by atoms with Gasteiger partial charge in [-0.25, -0.2) is 0 Å². The topological polar surface area (TPSA) is 41.9 Å². The van der Waals surface area contributed by atoms with E-state index in [1.165, 1.54) is 0 Å². The van der Waals surface area contributed by atoms with Crippen LogP contribution in [0.3, 0.4) is 0 Å². The number of rotatable bonds is 9. The minimum absolute atomic E-state index is 0.261. The van der Waals surface area contributed by atoms with Crippen molar-refractivity contribution in [3.05, 3.63) is 23.8 Å². The molecule has 4 heteroatoms. The van der Waals surface area contributed by atoms with Gasteiger partial charge in [-0.05, 0) is 24.9 Å². The van der Waals surface area contributed by atoms with Crippen LogP contribution in [0.1, 0.15) is 32.8 Å². The summed E-state index contributed by atoms with van der Waals surface area (Å²) in [7, 11) is 3.31. The highest BCUT2D eigenvalue weighted by atomic mass is 16.5. The lowest BCUT2D eigenvalue weighted by Crippen LogP contribution is -2.35. The second-order valence-corrected chi connectivity index (χ2v) is 5.70. The second kappa shape index (κ2) is 8.90. The first kappa shape index (κ1) is 17.8. The third-order valence-corrected chi connectivity index (χ3v) is 3.63. The van der Waals surface area contributed by atoms with E-state index in [1.807, 2.05) is 32.0 Å². The smallest absolute Gasteiger partial charge is 0.165 e. The summed E-state index contributed by atoms with van der Waals surface area (Å²) in [5.74, 6) is 1.78. The van der Waals surface area contributed by atoms with Gasteiger partial charge >= 0.3 is 0 Å². The van der Waals surface area contributed by atoms with Crippen molar-refractivity contribution in [2.45, 2.75) is 39.8 Å². The Morgan fingerprint density at radius 2 is 1.90 bits per heavy atom. The van der Waals surface area contributed by atoms with E-state index in [-0.39, 0.29) is 12.0 Å². The van der Waals surface area contributed by atoms with E-state index in [4.69, 9.17) is 9.47 Å². The molecule has 1 atom stereocenters. The molecule has 0 fully saturated rings. The van der Waals surface area contributed by atoms with Crippen LogP contribution in [0.2, 0.25) is 0 Å². The molecule has 0 aromatic heterocycles. The van der Waals surface area contributed by atoms with Crippen molar-refractivity contribution in [3.63, 3.8) is 0 Å².